The Kier molecular flexibility index (Phi) is 7.61. The van der Waals surface area contributed by atoms with E-state index < -0.39 is 11.9 Å². The van der Waals surface area contributed by atoms with E-state index in [2.05, 4.69) is 16.0 Å². The summed E-state index contributed by atoms with van der Waals surface area (Å²) in [6.45, 7) is 3.12. The average Bonchev–Trinajstić information content (AvgIpc) is 3.62. The summed E-state index contributed by atoms with van der Waals surface area (Å²) in [5, 5.41) is 4.07. The number of fused-ring (bicyclic) bond motifs is 6. The van der Waals surface area contributed by atoms with E-state index in [1.54, 1.807) is 6.07 Å². The smallest absolute Gasteiger partial charge is 0.272 e. The molecule has 53 heavy (non-hydrogen) atoms. The van der Waals surface area contributed by atoms with Gasteiger partial charge in [0.05, 0.1) is 39.7 Å². The number of carbonyl (C=O) groups is 2. The third-order valence-corrected chi connectivity index (χ3v) is 12.0. The fraction of sp³-hybridized carbons (Fsp3) is 0.415. The summed E-state index contributed by atoms with van der Waals surface area (Å²) in [6.07, 6.45) is 8.00. The summed E-state index contributed by atoms with van der Waals surface area (Å²) in [7, 11) is 0. The second-order valence-corrected chi connectivity index (χ2v) is 15.6. The monoisotopic (exact) mass is 711 g/mol. The van der Waals surface area contributed by atoms with Crippen molar-refractivity contribution >= 4 is 44.9 Å². The molecule has 2 aromatic carbocycles. The minimum atomic E-state index is -0.430. The molecule has 0 radical (unpaired) electrons. The highest BCUT2D eigenvalue weighted by Gasteiger charge is 2.41. The predicted molar refractivity (Wildman–Crippen MR) is 200 cm³/mol. The molecule has 10 rings (SSSR count). The Labute approximate surface area is 305 Å². The maximum Gasteiger partial charge on any atom is 0.272 e. The zero-order valence-corrected chi connectivity index (χ0v) is 29.8. The normalized spacial score (nSPS) is 23.5. The molecule has 6 heterocycles. The molecule has 6 aromatic rings. The first-order valence-electron chi connectivity index (χ1n) is 19.2. The number of nitrogens with two attached hydrogens (primary N) is 1. The van der Waals surface area contributed by atoms with Crippen molar-refractivity contribution in [2.75, 3.05) is 6.54 Å². The highest BCUT2D eigenvalue weighted by molar-refractivity contribution is 5.99. The lowest BCUT2D eigenvalue weighted by Crippen LogP contribution is -2.51. The quantitative estimate of drug-likeness (QED) is 0.210. The molecule has 0 spiro atoms. The highest BCUT2D eigenvalue weighted by atomic mass is 19.1. The first-order valence-corrected chi connectivity index (χ1v) is 19.2. The van der Waals surface area contributed by atoms with Crippen molar-refractivity contribution in [3.05, 3.63) is 83.1 Å². The number of para-hydroxylation sites is 2. The summed E-state index contributed by atoms with van der Waals surface area (Å²) in [4.78, 5) is 49.3. The second kappa shape index (κ2) is 12.4. The minimum Gasteiger partial charge on any atom is -0.343 e. The summed E-state index contributed by atoms with van der Waals surface area (Å²) in [6, 6.07) is 16.7. The van der Waals surface area contributed by atoms with Gasteiger partial charge < -0.3 is 25.1 Å². The van der Waals surface area contributed by atoms with E-state index in [4.69, 9.17) is 25.7 Å². The molecule has 0 unspecified atom stereocenters. The Morgan fingerprint density at radius 1 is 0.906 bits per heavy atom. The molecular formula is C41H42FN9O2. The van der Waals surface area contributed by atoms with Crippen molar-refractivity contribution in [3.8, 4) is 11.5 Å². The summed E-state index contributed by atoms with van der Waals surface area (Å²) >= 11 is 0. The van der Waals surface area contributed by atoms with Crippen molar-refractivity contribution in [1.29, 1.82) is 0 Å². The van der Waals surface area contributed by atoms with Gasteiger partial charge in [-0.2, -0.15) is 0 Å². The van der Waals surface area contributed by atoms with Crippen LogP contribution in [0.1, 0.15) is 103 Å². The highest BCUT2D eigenvalue weighted by Crippen LogP contribution is 2.44. The number of imidazole rings is 1. The number of nitrogens with one attached hydrogen (secondary N) is 1. The van der Waals surface area contributed by atoms with Gasteiger partial charge in [0.15, 0.2) is 5.82 Å². The van der Waals surface area contributed by atoms with Crippen LogP contribution in [0, 0.1) is 11.7 Å². The van der Waals surface area contributed by atoms with Crippen LogP contribution in [0.3, 0.4) is 0 Å². The lowest BCUT2D eigenvalue weighted by Gasteiger charge is -2.37. The van der Waals surface area contributed by atoms with Crippen molar-refractivity contribution in [2.45, 2.75) is 95.4 Å². The second-order valence-electron chi connectivity index (χ2n) is 15.6. The fourth-order valence-corrected chi connectivity index (χ4v) is 9.04. The van der Waals surface area contributed by atoms with Gasteiger partial charge in [0.25, 0.3) is 11.8 Å². The first kappa shape index (κ1) is 32.4. The van der Waals surface area contributed by atoms with Gasteiger partial charge in [-0.3, -0.25) is 9.59 Å². The third-order valence-electron chi connectivity index (χ3n) is 12.0. The molecule has 2 amide bonds. The van der Waals surface area contributed by atoms with E-state index in [1.807, 2.05) is 52.8 Å². The molecule has 270 valence electrons. The van der Waals surface area contributed by atoms with E-state index in [1.165, 1.54) is 6.07 Å². The van der Waals surface area contributed by atoms with Gasteiger partial charge in [-0.05, 0) is 107 Å². The number of aryl methyl sites for hydroxylation is 2. The van der Waals surface area contributed by atoms with Crippen molar-refractivity contribution in [3.63, 3.8) is 0 Å². The standard InChI is InChI=1S/C41H42FN9O2/c1-22-30-15-11-24-20-35(49(38(24)47-30)16-6-2-3-9-33-36(40(52)44-22)46-32-8-5-4-7-31(32)45-33)39-48-34-19-25(18-28(42)37(34)51(39)26-13-14-26)41(53)50-21-29(43)23-10-12-27(50)17-23/h4-5,7-8,11,15,18-20,22-23,26-27,29H,2-3,6,9-10,12-14,16-17,21,43H2,1H3,(H,44,52)/t22-,23-,27+,29+/m1/s1. The molecule has 3 N–H and O–H groups in total. The van der Waals surface area contributed by atoms with Crippen LogP contribution in [0.15, 0.2) is 54.6 Å². The molecule has 4 bridgehead atoms. The Hall–Kier alpha value is -5.23. The van der Waals surface area contributed by atoms with Crippen molar-refractivity contribution in [1.82, 2.24) is 39.3 Å². The number of pyridine rings is 1. The molecule has 2 aliphatic carbocycles. The summed E-state index contributed by atoms with van der Waals surface area (Å²) in [5.74, 6) is 0.275. The van der Waals surface area contributed by atoms with Gasteiger partial charge >= 0.3 is 0 Å². The molecule has 4 aromatic heterocycles. The van der Waals surface area contributed by atoms with Crippen LogP contribution in [0.25, 0.3) is 44.6 Å². The van der Waals surface area contributed by atoms with Crippen LogP contribution >= 0.6 is 0 Å². The van der Waals surface area contributed by atoms with E-state index in [0.717, 1.165) is 79.3 Å². The number of piperidine rings is 1. The van der Waals surface area contributed by atoms with Gasteiger partial charge in [-0.15, -0.1) is 0 Å². The predicted octanol–water partition coefficient (Wildman–Crippen LogP) is 6.64. The van der Waals surface area contributed by atoms with Crippen LogP contribution in [0.4, 0.5) is 4.39 Å². The van der Waals surface area contributed by atoms with Crippen LogP contribution in [-0.4, -0.2) is 64.4 Å². The molecular weight excluding hydrogens is 670 g/mol. The van der Waals surface area contributed by atoms with E-state index in [-0.39, 0.29) is 29.9 Å². The number of amides is 2. The summed E-state index contributed by atoms with van der Waals surface area (Å²) < 4.78 is 20.6. The van der Waals surface area contributed by atoms with Crippen molar-refractivity contribution < 1.29 is 14.0 Å². The topological polar surface area (TPSA) is 137 Å². The summed E-state index contributed by atoms with van der Waals surface area (Å²) in [5.41, 5.74) is 12.6. The first-order chi connectivity index (χ1) is 25.8. The zero-order valence-electron chi connectivity index (χ0n) is 29.8. The Morgan fingerprint density at radius 2 is 1.72 bits per heavy atom. The zero-order chi connectivity index (χ0) is 36.0. The Bertz CT molecular complexity index is 2470. The number of nitrogens with zero attached hydrogens (tertiary/aromatic N) is 7. The molecule has 4 aliphatic rings. The third kappa shape index (κ3) is 5.48. The lowest BCUT2D eigenvalue weighted by molar-refractivity contribution is 0.0603. The largest absolute Gasteiger partial charge is 0.343 e. The number of aromatic nitrogens is 6. The number of benzene rings is 2. The van der Waals surface area contributed by atoms with Crippen LogP contribution in [0.2, 0.25) is 0 Å². The molecule has 2 aliphatic heterocycles. The average molecular weight is 712 g/mol. The lowest BCUT2D eigenvalue weighted by atomic mass is 9.94. The van der Waals surface area contributed by atoms with Gasteiger partial charge in [0.2, 0.25) is 0 Å². The molecule has 2 saturated carbocycles. The molecule has 12 heteroatoms. The van der Waals surface area contributed by atoms with Crippen LogP contribution in [0.5, 0.6) is 0 Å². The maximum absolute atomic E-state index is 16.3. The van der Waals surface area contributed by atoms with Crippen molar-refractivity contribution in [2.24, 2.45) is 11.7 Å². The maximum atomic E-state index is 16.3. The van der Waals surface area contributed by atoms with E-state index >= 15 is 4.39 Å². The fourth-order valence-electron chi connectivity index (χ4n) is 9.04. The van der Waals surface area contributed by atoms with Crippen LogP contribution < -0.4 is 11.1 Å². The van der Waals surface area contributed by atoms with Gasteiger partial charge in [0, 0.05) is 42.2 Å². The minimum absolute atomic E-state index is 0.0464. The number of likely N-dealkylation sites (tertiary alicyclic amines) is 1. The SMILES string of the molecule is C[C@H]1NC(=O)c2nc3ccccc3nc2CCCCCn2c(-c3nc4cc(C(=O)N5C[C@H](N)[C@@H]6CC[C@H]5C6)cc(F)c4n3C3CC3)cc3ccc1nc32. The number of hydrogen-bond acceptors (Lipinski definition) is 7. The van der Waals surface area contributed by atoms with Gasteiger partial charge in [-0.25, -0.2) is 24.3 Å². The molecule has 1 saturated heterocycles. The Morgan fingerprint density at radius 3 is 2.55 bits per heavy atom. The van der Waals surface area contributed by atoms with Gasteiger partial charge in [-0.1, -0.05) is 18.6 Å². The van der Waals surface area contributed by atoms with E-state index in [9.17, 15) is 9.59 Å². The number of hydrogen-bond donors (Lipinski definition) is 2. The molecule has 3 fully saturated rings. The number of halogens is 1. The number of carbonyl (C=O) groups excluding carboxylic acids is 2. The Balaban J connectivity index is 1.04. The molecule has 11 nitrogen and oxygen atoms in total. The number of rotatable bonds is 3. The molecule has 4 atom stereocenters. The van der Waals surface area contributed by atoms with Gasteiger partial charge in [0.1, 0.15) is 22.7 Å². The van der Waals surface area contributed by atoms with E-state index in [0.29, 0.717) is 64.8 Å². The van der Waals surface area contributed by atoms with Crippen LogP contribution in [-0.2, 0) is 13.0 Å².